The van der Waals surface area contributed by atoms with Gasteiger partial charge in [0.25, 0.3) is 0 Å². The van der Waals surface area contributed by atoms with Gasteiger partial charge in [-0.05, 0) is 47.4 Å². The van der Waals surface area contributed by atoms with Gasteiger partial charge in [0.15, 0.2) is 0 Å². The summed E-state index contributed by atoms with van der Waals surface area (Å²) in [5.41, 5.74) is 2.17. The second-order valence-electron chi connectivity index (χ2n) is 5.14. The topological polar surface area (TPSA) is 32.3 Å². The van der Waals surface area contributed by atoms with E-state index in [2.05, 4.69) is 5.32 Å². The zero-order chi connectivity index (χ0) is 15.0. The Bertz CT molecular complexity index is 650. The van der Waals surface area contributed by atoms with Crippen molar-refractivity contribution in [3.8, 4) is 5.75 Å². The summed E-state index contributed by atoms with van der Waals surface area (Å²) in [7, 11) is 0. The largest absolute Gasteiger partial charge is 0.508 e. The molecule has 0 saturated heterocycles. The van der Waals surface area contributed by atoms with Crippen LogP contribution in [0.5, 0.6) is 5.75 Å². The van der Waals surface area contributed by atoms with Gasteiger partial charge in [-0.15, -0.1) is 0 Å². The maximum absolute atomic E-state index is 12.6. The van der Waals surface area contributed by atoms with Gasteiger partial charge >= 0.3 is 6.18 Å². The Morgan fingerprint density at radius 2 is 1.76 bits per heavy atom. The lowest BCUT2D eigenvalue weighted by atomic mass is 9.89. The third-order valence-corrected chi connectivity index (χ3v) is 3.75. The van der Waals surface area contributed by atoms with E-state index < -0.39 is 11.7 Å². The number of hydrogen-bond acceptors (Lipinski definition) is 2. The van der Waals surface area contributed by atoms with Crippen molar-refractivity contribution in [1.82, 2.24) is 5.32 Å². The van der Waals surface area contributed by atoms with Gasteiger partial charge in [0.1, 0.15) is 5.75 Å². The SMILES string of the molecule is Oc1ccc2c(c1)CCNC2c1ccc(C(F)(F)F)cc1. The monoisotopic (exact) mass is 293 g/mol. The Labute approximate surface area is 120 Å². The molecule has 0 saturated carbocycles. The number of alkyl halides is 3. The van der Waals surface area contributed by atoms with E-state index in [9.17, 15) is 18.3 Å². The molecule has 1 aliphatic rings. The molecule has 0 aliphatic carbocycles. The highest BCUT2D eigenvalue weighted by molar-refractivity contribution is 5.43. The van der Waals surface area contributed by atoms with Crippen LogP contribution in [-0.4, -0.2) is 11.7 Å². The van der Waals surface area contributed by atoms with Crippen molar-refractivity contribution in [1.29, 1.82) is 0 Å². The molecule has 1 unspecified atom stereocenters. The van der Waals surface area contributed by atoms with Gasteiger partial charge in [-0.1, -0.05) is 18.2 Å². The van der Waals surface area contributed by atoms with E-state index in [0.29, 0.717) is 0 Å². The quantitative estimate of drug-likeness (QED) is 0.841. The van der Waals surface area contributed by atoms with Gasteiger partial charge in [0.2, 0.25) is 0 Å². The standard InChI is InChI=1S/C16H14F3NO/c17-16(18,19)12-3-1-10(2-4-12)15-14-6-5-13(21)9-11(14)7-8-20-15/h1-6,9,15,20-21H,7-8H2. The number of fused-ring (bicyclic) bond motifs is 1. The number of nitrogens with one attached hydrogen (secondary N) is 1. The van der Waals surface area contributed by atoms with Crippen molar-refractivity contribution in [2.75, 3.05) is 6.54 Å². The molecule has 21 heavy (non-hydrogen) atoms. The van der Waals surface area contributed by atoms with Gasteiger partial charge in [-0.25, -0.2) is 0 Å². The molecule has 0 aromatic heterocycles. The molecule has 0 amide bonds. The molecule has 1 heterocycles. The zero-order valence-corrected chi connectivity index (χ0v) is 11.1. The maximum Gasteiger partial charge on any atom is 0.416 e. The summed E-state index contributed by atoms with van der Waals surface area (Å²) in [5.74, 6) is 0.210. The van der Waals surface area contributed by atoms with Crippen LogP contribution in [0.3, 0.4) is 0 Å². The average Bonchev–Trinajstić information content (AvgIpc) is 2.45. The number of aromatic hydroxyl groups is 1. The molecule has 0 bridgehead atoms. The third-order valence-electron chi connectivity index (χ3n) is 3.75. The molecule has 1 atom stereocenters. The van der Waals surface area contributed by atoms with Crippen LogP contribution < -0.4 is 5.32 Å². The van der Waals surface area contributed by atoms with Crippen LogP contribution in [0.1, 0.15) is 28.3 Å². The number of benzene rings is 2. The van der Waals surface area contributed by atoms with E-state index in [4.69, 9.17) is 0 Å². The Hall–Kier alpha value is -2.01. The van der Waals surface area contributed by atoms with Crippen molar-refractivity contribution in [2.24, 2.45) is 0 Å². The minimum absolute atomic E-state index is 0.142. The number of halogens is 3. The molecule has 0 fully saturated rings. The summed E-state index contributed by atoms with van der Waals surface area (Å²) in [6.45, 7) is 0.724. The number of hydrogen-bond donors (Lipinski definition) is 2. The van der Waals surface area contributed by atoms with Crippen LogP contribution in [0, 0.1) is 0 Å². The molecule has 3 rings (SSSR count). The minimum atomic E-state index is -4.32. The highest BCUT2D eigenvalue weighted by Crippen LogP contribution is 2.33. The summed E-state index contributed by atoms with van der Waals surface area (Å²) < 4.78 is 37.8. The first-order valence-corrected chi connectivity index (χ1v) is 6.67. The number of phenolic OH excluding ortho intramolecular Hbond substituents is 1. The first kappa shape index (κ1) is 13.9. The molecule has 0 spiro atoms. The van der Waals surface area contributed by atoms with Crippen LogP contribution in [0.4, 0.5) is 13.2 Å². The highest BCUT2D eigenvalue weighted by Gasteiger charge is 2.30. The Kier molecular flexibility index (Phi) is 3.37. The molecule has 1 aliphatic heterocycles. The second kappa shape index (κ2) is 5.07. The Balaban J connectivity index is 1.95. The summed E-state index contributed by atoms with van der Waals surface area (Å²) in [6.07, 6.45) is -3.52. The van der Waals surface area contributed by atoms with Crippen molar-refractivity contribution in [2.45, 2.75) is 18.6 Å². The molecule has 5 heteroatoms. The molecule has 2 nitrogen and oxygen atoms in total. The van der Waals surface area contributed by atoms with Crippen LogP contribution in [0.2, 0.25) is 0 Å². The first-order valence-electron chi connectivity index (χ1n) is 6.67. The molecular formula is C16H14F3NO. The minimum Gasteiger partial charge on any atom is -0.508 e. The van der Waals surface area contributed by atoms with Gasteiger partial charge in [0.05, 0.1) is 11.6 Å². The Morgan fingerprint density at radius 1 is 1.05 bits per heavy atom. The molecule has 0 radical (unpaired) electrons. The number of rotatable bonds is 1. The second-order valence-corrected chi connectivity index (χ2v) is 5.14. The van der Waals surface area contributed by atoms with E-state index >= 15 is 0 Å². The fourth-order valence-electron chi connectivity index (χ4n) is 2.71. The van der Waals surface area contributed by atoms with Gasteiger partial charge in [0, 0.05) is 6.54 Å². The molecule has 2 N–H and O–H groups in total. The average molecular weight is 293 g/mol. The summed E-state index contributed by atoms with van der Waals surface area (Å²) in [6, 6.07) is 10.2. The normalized spacial score (nSPS) is 18.3. The van der Waals surface area contributed by atoms with Crippen LogP contribution in [0.25, 0.3) is 0 Å². The summed E-state index contributed by atoms with van der Waals surface area (Å²) in [5, 5.41) is 12.8. The molecule has 110 valence electrons. The van der Waals surface area contributed by atoms with Gasteiger partial charge < -0.3 is 10.4 Å². The lowest BCUT2D eigenvalue weighted by Crippen LogP contribution is -2.30. The van der Waals surface area contributed by atoms with Crippen molar-refractivity contribution in [3.63, 3.8) is 0 Å². The zero-order valence-electron chi connectivity index (χ0n) is 11.1. The van der Waals surface area contributed by atoms with Crippen LogP contribution >= 0.6 is 0 Å². The van der Waals surface area contributed by atoms with E-state index in [-0.39, 0.29) is 11.8 Å². The smallest absolute Gasteiger partial charge is 0.416 e. The lowest BCUT2D eigenvalue weighted by molar-refractivity contribution is -0.137. The first-order chi connectivity index (χ1) is 9.95. The fraction of sp³-hybridized carbons (Fsp3) is 0.250. The van der Waals surface area contributed by atoms with Crippen molar-refractivity contribution in [3.05, 3.63) is 64.7 Å². The highest BCUT2D eigenvalue weighted by atomic mass is 19.4. The predicted octanol–water partition coefficient (Wildman–Crippen LogP) is 3.65. The summed E-state index contributed by atoms with van der Waals surface area (Å²) in [4.78, 5) is 0. The van der Waals surface area contributed by atoms with E-state index in [0.717, 1.165) is 41.8 Å². The van der Waals surface area contributed by atoms with E-state index in [1.807, 2.05) is 6.07 Å². The van der Waals surface area contributed by atoms with Crippen LogP contribution in [-0.2, 0) is 12.6 Å². The van der Waals surface area contributed by atoms with Gasteiger partial charge in [-0.3, -0.25) is 0 Å². The predicted molar refractivity (Wildman–Crippen MR) is 73.1 cm³/mol. The fourth-order valence-corrected chi connectivity index (χ4v) is 2.71. The maximum atomic E-state index is 12.6. The van der Waals surface area contributed by atoms with Crippen LogP contribution in [0.15, 0.2) is 42.5 Å². The van der Waals surface area contributed by atoms with E-state index in [1.54, 1.807) is 12.1 Å². The molecule has 2 aromatic carbocycles. The molecule has 2 aromatic rings. The molecular weight excluding hydrogens is 279 g/mol. The number of phenols is 1. The third kappa shape index (κ3) is 2.74. The summed E-state index contributed by atoms with van der Waals surface area (Å²) >= 11 is 0. The van der Waals surface area contributed by atoms with Crippen molar-refractivity contribution >= 4 is 0 Å². The van der Waals surface area contributed by atoms with Crippen molar-refractivity contribution < 1.29 is 18.3 Å². The Morgan fingerprint density at radius 3 is 2.43 bits per heavy atom. The lowest BCUT2D eigenvalue weighted by Gasteiger charge is -2.27. The van der Waals surface area contributed by atoms with E-state index in [1.165, 1.54) is 12.1 Å². The van der Waals surface area contributed by atoms with Gasteiger partial charge in [-0.2, -0.15) is 13.2 Å².